The molecule has 0 spiro atoms. The van der Waals surface area contributed by atoms with Gasteiger partial charge in [0.05, 0.1) is 0 Å². The normalized spacial score (nSPS) is 20.1. The Kier molecular flexibility index (Phi) is 5.69. The molecule has 15 heavy (non-hydrogen) atoms. The second kappa shape index (κ2) is 6.83. The highest BCUT2D eigenvalue weighted by Gasteiger charge is 2.19. The van der Waals surface area contributed by atoms with Crippen molar-refractivity contribution < 1.29 is 9.90 Å². The molecule has 3 heteroatoms. The second-order valence-electron chi connectivity index (χ2n) is 4.59. The van der Waals surface area contributed by atoms with Crippen LogP contribution in [0.15, 0.2) is 0 Å². The third kappa shape index (κ3) is 4.65. The van der Waals surface area contributed by atoms with Crippen molar-refractivity contribution in [1.82, 2.24) is 5.32 Å². The summed E-state index contributed by atoms with van der Waals surface area (Å²) in [4.78, 5) is 10.9. The van der Waals surface area contributed by atoms with Crippen LogP contribution in [0.3, 0.4) is 0 Å². The highest BCUT2D eigenvalue weighted by Crippen LogP contribution is 2.22. The van der Waals surface area contributed by atoms with Gasteiger partial charge in [0.15, 0.2) is 0 Å². The number of carboxylic acid groups (broad SMARTS) is 1. The molecule has 0 aliphatic heterocycles. The molecule has 0 heterocycles. The summed E-state index contributed by atoms with van der Waals surface area (Å²) < 4.78 is 0. The van der Waals surface area contributed by atoms with Crippen LogP contribution in [0.25, 0.3) is 0 Å². The maximum atomic E-state index is 10.9. The summed E-state index contributed by atoms with van der Waals surface area (Å²) in [6.45, 7) is 2.91. The van der Waals surface area contributed by atoms with Crippen LogP contribution in [-0.2, 0) is 4.79 Å². The lowest BCUT2D eigenvalue weighted by Gasteiger charge is -2.23. The fourth-order valence-electron chi connectivity index (χ4n) is 2.30. The predicted octanol–water partition coefficient (Wildman–Crippen LogP) is 2.41. The zero-order valence-electron chi connectivity index (χ0n) is 9.67. The maximum Gasteiger partial charge on any atom is 0.320 e. The molecule has 2 N–H and O–H groups in total. The minimum atomic E-state index is -0.701. The van der Waals surface area contributed by atoms with Gasteiger partial charge in [0.1, 0.15) is 6.04 Å². The van der Waals surface area contributed by atoms with Gasteiger partial charge >= 0.3 is 5.97 Å². The molecule has 1 unspecified atom stereocenters. The summed E-state index contributed by atoms with van der Waals surface area (Å²) in [6.07, 6.45) is 8.19. The number of aliphatic carboxylic acids is 1. The molecular weight excluding hydrogens is 190 g/mol. The molecule has 1 aliphatic rings. The zero-order valence-corrected chi connectivity index (χ0v) is 9.67. The van der Waals surface area contributed by atoms with Gasteiger partial charge in [-0.3, -0.25) is 4.79 Å². The summed E-state index contributed by atoms with van der Waals surface area (Å²) in [7, 11) is 0. The highest BCUT2D eigenvalue weighted by molar-refractivity contribution is 5.73. The van der Waals surface area contributed by atoms with Crippen LogP contribution in [0.1, 0.15) is 51.9 Å². The first-order valence-electron chi connectivity index (χ1n) is 6.20. The van der Waals surface area contributed by atoms with Crippen LogP contribution < -0.4 is 5.32 Å². The monoisotopic (exact) mass is 213 g/mol. The van der Waals surface area contributed by atoms with E-state index >= 15 is 0 Å². The van der Waals surface area contributed by atoms with E-state index < -0.39 is 5.97 Å². The van der Waals surface area contributed by atoms with E-state index in [1.807, 2.05) is 6.92 Å². The Morgan fingerprint density at radius 2 is 2.07 bits per heavy atom. The van der Waals surface area contributed by atoms with Crippen LogP contribution in [0.4, 0.5) is 0 Å². The van der Waals surface area contributed by atoms with Gasteiger partial charge in [0, 0.05) is 0 Å². The highest BCUT2D eigenvalue weighted by atomic mass is 16.4. The number of nitrogens with one attached hydrogen (secondary N) is 1. The maximum absolute atomic E-state index is 10.9. The Morgan fingerprint density at radius 3 is 2.60 bits per heavy atom. The van der Waals surface area contributed by atoms with E-state index in [1.165, 1.54) is 32.1 Å². The largest absolute Gasteiger partial charge is 0.480 e. The molecule has 0 saturated heterocycles. The standard InChI is InChI=1S/C12H23NO2/c1-2-6-11(12(14)15)13-9-10-7-4-3-5-8-10/h10-11,13H,2-9H2,1H3,(H,14,15). The number of carboxylic acids is 1. The first kappa shape index (κ1) is 12.5. The van der Waals surface area contributed by atoms with Crippen molar-refractivity contribution in [3.63, 3.8) is 0 Å². The number of carbonyl (C=O) groups is 1. The van der Waals surface area contributed by atoms with E-state index in [1.54, 1.807) is 0 Å². The molecule has 1 atom stereocenters. The van der Waals surface area contributed by atoms with Crippen molar-refractivity contribution >= 4 is 5.97 Å². The minimum absolute atomic E-state index is 0.336. The summed E-state index contributed by atoms with van der Waals surface area (Å²) in [5, 5.41) is 12.2. The summed E-state index contributed by atoms with van der Waals surface area (Å²) in [6, 6.07) is -0.336. The molecule has 1 aliphatic carbocycles. The fourth-order valence-corrected chi connectivity index (χ4v) is 2.30. The van der Waals surface area contributed by atoms with Gasteiger partial charge < -0.3 is 10.4 Å². The number of rotatable bonds is 6. The molecule has 0 radical (unpaired) electrons. The quantitative estimate of drug-likeness (QED) is 0.712. The van der Waals surface area contributed by atoms with Gasteiger partial charge in [-0.05, 0) is 31.7 Å². The molecule has 0 aromatic carbocycles. The first-order chi connectivity index (χ1) is 7.24. The average molecular weight is 213 g/mol. The van der Waals surface area contributed by atoms with Crippen LogP contribution in [0, 0.1) is 5.92 Å². The Hall–Kier alpha value is -0.570. The molecule has 1 fully saturated rings. The van der Waals surface area contributed by atoms with Crippen molar-refractivity contribution in [2.24, 2.45) is 5.92 Å². The molecule has 0 aromatic rings. The zero-order chi connectivity index (χ0) is 11.1. The average Bonchev–Trinajstić information content (AvgIpc) is 2.25. The molecule has 0 aromatic heterocycles. The van der Waals surface area contributed by atoms with E-state index in [-0.39, 0.29) is 6.04 Å². The third-order valence-corrected chi connectivity index (χ3v) is 3.25. The first-order valence-corrected chi connectivity index (χ1v) is 6.20. The predicted molar refractivity (Wildman–Crippen MR) is 60.9 cm³/mol. The lowest BCUT2D eigenvalue weighted by Crippen LogP contribution is -2.39. The van der Waals surface area contributed by atoms with Crippen molar-refractivity contribution in [3.05, 3.63) is 0 Å². The smallest absolute Gasteiger partial charge is 0.320 e. The van der Waals surface area contributed by atoms with Crippen molar-refractivity contribution in [1.29, 1.82) is 0 Å². The third-order valence-electron chi connectivity index (χ3n) is 3.25. The van der Waals surface area contributed by atoms with Gasteiger partial charge in [-0.2, -0.15) is 0 Å². The fraction of sp³-hybridized carbons (Fsp3) is 0.917. The summed E-state index contributed by atoms with van der Waals surface area (Å²) >= 11 is 0. The number of hydrogen-bond donors (Lipinski definition) is 2. The molecule has 1 rings (SSSR count). The van der Waals surface area contributed by atoms with Crippen LogP contribution in [-0.4, -0.2) is 23.7 Å². The van der Waals surface area contributed by atoms with E-state index in [0.717, 1.165) is 19.4 Å². The van der Waals surface area contributed by atoms with E-state index in [9.17, 15) is 4.79 Å². The Labute approximate surface area is 92.3 Å². The van der Waals surface area contributed by atoms with Crippen molar-refractivity contribution in [2.75, 3.05) is 6.54 Å². The molecular formula is C12H23NO2. The van der Waals surface area contributed by atoms with E-state index in [4.69, 9.17) is 5.11 Å². The minimum Gasteiger partial charge on any atom is -0.480 e. The second-order valence-corrected chi connectivity index (χ2v) is 4.59. The van der Waals surface area contributed by atoms with E-state index in [2.05, 4.69) is 5.32 Å². The van der Waals surface area contributed by atoms with Gasteiger partial charge in [-0.1, -0.05) is 32.6 Å². The van der Waals surface area contributed by atoms with Gasteiger partial charge in [0.25, 0.3) is 0 Å². The molecule has 0 bridgehead atoms. The van der Waals surface area contributed by atoms with Gasteiger partial charge in [0.2, 0.25) is 0 Å². The molecule has 3 nitrogen and oxygen atoms in total. The molecule has 88 valence electrons. The molecule has 0 amide bonds. The molecule has 1 saturated carbocycles. The van der Waals surface area contributed by atoms with Crippen LogP contribution in [0.2, 0.25) is 0 Å². The lowest BCUT2D eigenvalue weighted by atomic mass is 9.89. The van der Waals surface area contributed by atoms with Gasteiger partial charge in [-0.15, -0.1) is 0 Å². The van der Waals surface area contributed by atoms with Crippen molar-refractivity contribution in [2.45, 2.75) is 57.9 Å². The van der Waals surface area contributed by atoms with Crippen LogP contribution in [0.5, 0.6) is 0 Å². The topological polar surface area (TPSA) is 49.3 Å². The Bertz CT molecular complexity index is 188. The van der Waals surface area contributed by atoms with E-state index in [0.29, 0.717) is 5.92 Å². The number of hydrogen-bond acceptors (Lipinski definition) is 2. The summed E-state index contributed by atoms with van der Waals surface area (Å²) in [5.74, 6) is 0.00474. The van der Waals surface area contributed by atoms with Gasteiger partial charge in [-0.25, -0.2) is 0 Å². The Morgan fingerprint density at radius 1 is 1.40 bits per heavy atom. The SMILES string of the molecule is CCCC(NCC1CCCCC1)C(=O)O. The van der Waals surface area contributed by atoms with Crippen molar-refractivity contribution in [3.8, 4) is 0 Å². The van der Waals surface area contributed by atoms with Crippen LogP contribution >= 0.6 is 0 Å². The summed E-state index contributed by atoms with van der Waals surface area (Å²) in [5.41, 5.74) is 0. The Balaban J connectivity index is 2.22. The lowest BCUT2D eigenvalue weighted by molar-refractivity contribution is -0.139.